The molecule has 0 aromatic rings. The molecular formula is C14H20. The minimum atomic E-state index is 1.16. The summed E-state index contributed by atoms with van der Waals surface area (Å²) in [5, 5.41) is 0. The molecule has 0 fully saturated rings. The van der Waals surface area contributed by atoms with Crippen molar-refractivity contribution in [1.82, 2.24) is 0 Å². The van der Waals surface area contributed by atoms with Crippen molar-refractivity contribution in [2.24, 2.45) is 0 Å². The summed E-state index contributed by atoms with van der Waals surface area (Å²) in [6.07, 6.45) is 25.0. The van der Waals surface area contributed by atoms with Gasteiger partial charge in [-0.3, -0.25) is 0 Å². The second kappa shape index (κ2) is 8.55. The van der Waals surface area contributed by atoms with E-state index in [2.05, 4.69) is 48.6 Å². The van der Waals surface area contributed by atoms with Crippen LogP contribution in [0.5, 0.6) is 0 Å². The lowest BCUT2D eigenvalue weighted by atomic mass is 10.2. The summed E-state index contributed by atoms with van der Waals surface area (Å²) < 4.78 is 0. The van der Waals surface area contributed by atoms with Gasteiger partial charge in [-0.25, -0.2) is 0 Å². The molecule has 0 aliphatic heterocycles. The zero-order chi connectivity index (χ0) is 9.90. The average Bonchev–Trinajstić information content (AvgIpc) is 2.22. The van der Waals surface area contributed by atoms with Gasteiger partial charge in [0.15, 0.2) is 0 Å². The Kier molecular flexibility index (Phi) is 6.74. The molecule has 14 heavy (non-hydrogen) atoms. The molecule has 0 saturated carbocycles. The van der Waals surface area contributed by atoms with Crippen molar-refractivity contribution < 1.29 is 0 Å². The third-order valence-electron chi connectivity index (χ3n) is 2.22. The predicted molar refractivity (Wildman–Crippen MR) is 64.3 cm³/mol. The summed E-state index contributed by atoms with van der Waals surface area (Å²) in [5.41, 5.74) is 0. The van der Waals surface area contributed by atoms with Gasteiger partial charge in [0.05, 0.1) is 0 Å². The Bertz CT molecular complexity index is 202. The van der Waals surface area contributed by atoms with Gasteiger partial charge in [0.2, 0.25) is 0 Å². The molecule has 0 bridgehead atoms. The monoisotopic (exact) mass is 188 g/mol. The third-order valence-corrected chi connectivity index (χ3v) is 2.22. The zero-order valence-electron chi connectivity index (χ0n) is 8.86. The summed E-state index contributed by atoms with van der Waals surface area (Å²) >= 11 is 0. The van der Waals surface area contributed by atoms with Crippen LogP contribution in [-0.2, 0) is 0 Å². The molecule has 1 aliphatic rings. The molecule has 0 unspecified atom stereocenters. The number of rotatable bonds is 0. The van der Waals surface area contributed by atoms with Gasteiger partial charge in [-0.1, -0.05) is 48.6 Å². The molecule has 0 saturated heterocycles. The quantitative estimate of drug-likeness (QED) is 0.489. The van der Waals surface area contributed by atoms with Crippen LogP contribution >= 0.6 is 0 Å². The predicted octanol–water partition coefficient (Wildman–Crippen LogP) is 4.57. The van der Waals surface area contributed by atoms with E-state index in [1.54, 1.807) is 0 Å². The Morgan fingerprint density at radius 3 is 1.00 bits per heavy atom. The van der Waals surface area contributed by atoms with Crippen molar-refractivity contribution in [3.63, 3.8) is 0 Å². The lowest BCUT2D eigenvalue weighted by Crippen LogP contribution is -1.70. The van der Waals surface area contributed by atoms with Gasteiger partial charge in [0, 0.05) is 0 Å². The molecule has 76 valence electrons. The fourth-order valence-electron chi connectivity index (χ4n) is 1.40. The van der Waals surface area contributed by atoms with E-state index < -0.39 is 0 Å². The minimum Gasteiger partial charge on any atom is -0.0882 e. The van der Waals surface area contributed by atoms with Crippen LogP contribution in [0.15, 0.2) is 48.6 Å². The molecule has 0 atom stereocenters. The highest BCUT2D eigenvalue weighted by molar-refractivity contribution is 5.04. The topological polar surface area (TPSA) is 0 Å². The molecule has 0 nitrogen and oxygen atoms in total. The summed E-state index contributed by atoms with van der Waals surface area (Å²) in [5.74, 6) is 0. The van der Waals surface area contributed by atoms with Crippen LogP contribution in [0, 0.1) is 0 Å². The summed E-state index contributed by atoms with van der Waals surface area (Å²) in [6.45, 7) is 0. The highest BCUT2D eigenvalue weighted by Gasteiger charge is 1.80. The van der Waals surface area contributed by atoms with Gasteiger partial charge in [0.1, 0.15) is 0 Å². The van der Waals surface area contributed by atoms with E-state index >= 15 is 0 Å². The first kappa shape index (κ1) is 11.0. The maximum atomic E-state index is 2.29. The summed E-state index contributed by atoms with van der Waals surface area (Å²) in [4.78, 5) is 0. The maximum Gasteiger partial charge on any atom is -0.0313 e. The van der Waals surface area contributed by atoms with E-state index in [1.165, 1.54) is 25.7 Å². The molecule has 0 heterocycles. The van der Waals surface area contributed by atoms with Crippen LogP contribution < -0.4 is 0 Å². The maximum absolute atomic E-state index is 2.29. The van der Waals surface area contributed by atoms with Crippen molar-refractivity contribution in [3.05, 3.63) is 48.6 Å². The van der Waals surface area contributed by atoms with Crippen molar-refractivity contribution in [3.8, 4) is 0 Å². The van der Waals surface area contributed by atoms with Gasteiger partial charge in [-0.15, -0.1) is 0 Å². The molecule has 0 aromatic heterocycles. The van der Waals surface area contributed by atoms with E-state index in [1.807, 2.05) is 0 Å². The van der Waals surface area contributed by atoms with E-state index in [0.29, 0.717) is 0 Å². The van der Waals surface area contributed by atoms with Gasteiger partial charge >= 0.3 is 0 Å². The van der Waals surface area contributed by atoms with Crippen LogP contribution in [0.1, 0.15) is 38.5 Å². The fourth-order valence-corrected chi connectivity index (χ4v) is 1.40. The zero-order valence-corrected chi connectivity index (χ0v) is 8.86. The van der Waals surface area contributed by atoms with Crippen molar-refractivity contribution >= 4 is 0 Å². The van der Waals surface area contributed by atoms with Crippen LogP contribution in [0.2, 0.25) is 0 Å². The Hall–Kier alpha value is -1.04. The highest BCUT2D eigenvalue weighted by atomic mass is 13.9. The lowest BCUT2D eigenvalue weighted by molar-refractivity contribution is 0.983. The molecular weight excluding hydrogens is 168 g/mol. The number of allylic oxidation sites excluding steroid dienone is 8. The van der Waals surface area contributed by atoms with Gasteiger partial charge < -0.3 is 0 Å². The first-order valence-electron chi connectivity index (χ1n) is 5.62. The molecule has 1 rings (SSSR count). The van der Waals surface area contributed by atoms with Gasteiger partial charge in [-0.2, -0.15) is 0 Å². The molecule has 1 aliphatic carbocycles. The Balaban J connectivity index is 2.34. The molecule has 0 radical (unpaired) electrons. The number of hydrogen-bond donors (Lipinski definition) is 0. The standard InChI is InChI=1S/C14H20/c1-2-4-6-8-10-12-14-13-11-9-7-5-3-1/h1-4,9-12H,5-8,13-14H2/b3-1+,4-2?,11-9?,12-10?. The van der Waals surface area contributed by atoms with Crippen LogP contribution in [-0.4, -0.2) is 0 Å². The van der Waals surface area contributed by atoms with Crippen molar-refractivity contribution in [2.75, 3.05) is 0 Å². The molecule has 0 amide bonds. The van der Waals surface area contributed by atoms with E-state index in [0.717, 1.165) is 12.8 Å². The van der Waals surface area contributed by atoms with Crippen molar-refractivity contribution in [1.29, 1.82) is 0 Å². The Morgan fingerprint density at radius 1 is 0.357 bits per heavy atom. The molecule has 0 N–H and O–H groups in total. The Morgan fingerprint density at radius 2 is 0.643 bits per heavy atom. The smallest absolute Gasteiger partial charge is 0.0313 e. The Labute approximate surface area is 87.7 Å². The first-order chi connectivity index (χ1) is 7.00. The lowest BCUT2D eigenvalue weighted by Gasteiger charge is -1.90. The fraction of sp³-hybridized carbons (Fsp3) is 0.429. The van der Waals surface area contributed by atoms with E-state index in [4.69, 9.17) is 0 Å². The van der Waals surface area contributed by atoms with Crippen molar-refractivity contribution in [2.45, 2.75) is 38.5 Å². The molecule has 0 spiro atoms. The van der Waals surface area contributed by atoms with Crippen LogP contribution in [0.4, 0.5) is 0 Å². The second-order valence-electron chi connectivity index (χ2n) is 3.53. The largest absolute Gasteiger partial charge is 0.0882 e. The normalized spacial score (nSPS) is 21.7. The minimum absolute atomic E-state index is 1.16. The highest BCUT2D eigenvalue weighted by Crippen LogP contribution is 2.01. The molecule has 0 aromatic carbocycles. The van der Waals surface area contributed by atoms with Gasteiger partial charge in [0.25, 0.3) is 0 Å². The summed E-state index contributed by atoms with van der Waals surface area (Å²) in [6, 6.07) is 0. The molecule has 0 heteroatoms. The van der Waals surface area contributed by atoms with E-state index in [-0.39, 0.29) is 0 Å². The number of hydrogen-bond acceptors (Lipinski definition) is 0. The van der Waals surface area contributed by atoms with E-state index in [9.17, 15) is 0 Å². The second-order valence-corrected chi connectivity index (χ2v) is 3.53. The SMILES string of the molecule is C1=CCCC=CCCC=CCC/C=C/1. The third kappa shape index (κ3) is 6.47. The summed E-state index contributed by atoms with van der Waals surface area (Å²) in [7, 11) is 0. The first-order valence-corrected chi connectivity index (χ1v) is 5.62. The van der Waals surface area contributed by atoms with Gasteiger partial charge in [-0.05, 0) is 38.5 Å². The van der Waals surface area contributed by atoms with Crippen LogP contribution in [0.25, 0.3) is 0 Å². The average molecular weight is 188 g/mol. The van der Waals surface area contributed by atoms with Crippen LogP contribution in [0.3, 0.4) is 0 Å².